The molecule has 1 amide bonds. The lowest BCUT2D eigenvalue weighted by Gasteiger charge is -2.22. The summed E-state index contributed by atoms with van der Waals surface area (Å²) in [7, 11) is 0. The van der Waals surface area contributed by atoms with Gasteiger partial charge >= 0.3 is 5.97 Å². The first kappa shape index (κ1) is 30.6. The van der Waals surface area contributed by atoms with Crippen molar-refractivity contribution < 1.29 is 33.7 Å². The molecular formula is C33H34F2N2O5. The second-order valence-electron chi connectivity index (χ2n) is 10.4. The van der Waals surface area contributed by atoms with Gasteiger partial charge in [0.1, 0.15) is 5.82 Å². The zero-order valence-electron chi connectivity index (χ0n) is 23.4. The first-order valence-corrected chi connectivity index (χ1v) is 13.7. The minimum atomic E-state index is -2.19. The van der Waals surface area contributed by atoms with E-state index in [1.807, 2.05) is 54.8 Å². The van der Waals surface area contributed by atoms with Gasteiger partial charge in [0.2, 0.25) is 0 Å². The number of alkyl halides is 1. The Morgan fingerprint density at radius 2 is 1.45 bits per heavy atom. The predicted molar refractivity (Wildman–Crippen MR) is 158 cm³/mol. The molecule has 0 aliphatic rings. The minimum Gasteiger partial charge on any atom is -0.481 e. The molecule has 0 bridgehead atoms. The first-order chi connectivity index (χ1) is 20.1. The number of hydrogen-bond donors (Lipinski definition) is 4. The number of halogens is 2. The molecule has 0 radical (unpaired) electrons. The number of nitrogens with one attached hydrogen (secondary N) is 1. The van der Waals surface area contributed by atoms with Crippen LogP contribution in [0.2, 0.25) is 0 Å². The molecule has 0 saturated carbocycles. The molecule has 1 heterocycles. The maximum atomic E-state index is 14.8. The van der Waals surface area contributed by atoms with Crippen LogP contribution in [0.25, 0.3) is 22.4 Å². The summed E-state index contributed by atoms with van der Waals surface area (Å²) in [6, 6.07) is 24.1. The van der Waals surface area contributed by atoms with Gasteiger partial charge in [-0.25, -0.2) is 8.78 Å². The van der Waals surface area contributed by atoms with Gasteiger partial charge in [-0.2, -0.15) is 0 Å². The zero-order chi connectivity index (χ0) is 30.4. The van der Waals surface area contributed by atoms with Crippen molar-refractivity contribution in [1.29, 1.82) is 0 Å². The fourth-order valence-corrected chi connectivity index (χ4v) is 5.18. The quantitative estimate of drug-likeness (QED) is 0.159. The molecule has 0 unspecified atom stereocenters. The van der Waals surface area contributed by atoms with E-state index in [4.69, 9.17) is 5.11 Å². The number of aliphatic hydroxyl groups excluding tert-OH is 2. The first-order valence-electron chi connectivity index (χ1n) is 13.7. The minimum absolute atomic E-state index is 0.0278. The Hall–Kier alpha value is -4.34. The standard InChI is InChI=1S/C33H34F2N2O5/c1-20(2)31-29(33(42)36-24-11-7-4-8-12-24)28(21-9-5-3-6-10-21)32(22-13-15-23(34)16-14-22)37(31)18-17-25(38)30(35)26(39)19-27(40)41/h3-16,20,25-26,30,38-39H,17-19H2,1-2H3,(H,36,42)(H,40,41)/t25-,26-,30-/m1/s1. The third-order valence-electron chi connectivity index (χ3n) is 7.06. The van der Waals surface area contributed by atoms with Gasteiger partial charge in [0, 0.05) is 23.5 Å². The van der Waals surface area contributed by atoms with Crippen LogP contribution < -0.4 is 5.32 Å². The van der Waals surface area contributed by atoms with Crippen molar-refractivity contribution in [2.24, 2.45) is 0 Å². The molecule has 3 atom stereocenters. The second kappa shape index (κ2) is 13.5. The maximum absolute atomic E-state index is 14.8. The highest BCUT2D eigenvalue weighted by molar-refractivity contribution is 6.12. The lowest BCUT2D eigenvalue weighted by Crippen LogP contribution is -2.36. The van der Waals surface area contributed by atoms with Crippen molar-refractivity contribution in [2.75, 3.05) is 5.32 Å². The molecule has 220 valence electrons. The molecule has 4 N–H and O–H groups in total. The van der Waals surface area contributed by atoms with Crippen LogP contribution in [0, 0.1) is 5.82 Å². The van der Waals surface area contributed by atoms with E-state index >= 15 is 0 Å². The molecule has 4 rings (SSSR count). The van der Waals surface area contributed by atoms with Gasteiger partial charge in [0.15, 0.2) is 6.17 Å². The molecule has 0 aliphatic heterocycles. The molecule has 9 heteroatoms. The molecule has 4 aromatic rings. The van der Waals surface area contributed by atoms with Gasteiger partial charge in [-0.05, 0) is 59.9 Å². The molecule has 1 aromatic heterocycles. The number of nitrogens with zero attached hydrogens (tertiary/aromatic N) is 1. The molecule has 3 aromatic carbocycles. The van der Waals surface area contributed by atoms with Crippen molar-refractivity contribution in [3.8, 4) is 22.4 Å². The van der Waals surface area contributed by atoms with Crippen molar-refractivity contribution >= 4 is 17.6 Å². The normalized spacial score (nSPS) is 13.5. The number of anilines is 1. The second-order valence-corrected chi connectivity index (χ2v) is 10.4. The number of aliphatic carboxylic acids is 1. The van der Waals surface area contributed by atoms with E-state index in [2.05, 4.69) is 5.32 Å². The molecule has 0 fully saturated rings. The van der Waals surface area contributed by atoms with Crippen LogP contribution in [0.15, 0.2) is 84.9 Å². The highest BCUT2D eigenvalue weighted by Crippen LogP contribution is 2.42. The van der Waals surface area contributed by atoms with Gasteiger partial charge in [-0.3, -0.25) is 9.59 Å². The smallest absolute Gasteiger partial charge is 0.306 e. The summed E-state index contributed by atoms with van der Waals surface area (Å²) in [6.07, 6.45) is -6.78. The summed E-state index contributed by atoms with van der Waals surface area (Å²) in [5.74, 6) is -2.40. The Morgan fingerprint density at radius 1 is 0.857 bits per heavy atom. The highest BCUT2D eigenvalue weighted by Gasteiger charge is 2.32. The highest BCUT2D eigenvalue weighted by atomic mass is 19.1. The van der Waals surface area contributed by atoms with Gasteiger partial charge in [-0.1, -0.05) is 62.4 Å². The summed E-state index contributed by atoms with van der Waals surface area (Å²) in [5, 5.41) is 32.5. The van der Waals surface area contributed by atoms with E-state index in [9.17, 15) is 28.6 Å². The maximum Gasteiger partial charge on any atom is 0.306 e. The lowest BCUT2D eigenvalue weighted by atomic mass is 9.94. The average molecular weight is 577 g/mol. The summed E-state index contributed by atoms with van der Waals surface area (Å²) in [5.41, 5.74) is 4.11. The number of aliphatic hydroxyl groups is 2. The van der Waals surface area contributed by atoms with Crippen molar-refractivity contribution in [1.82, 2.24) is 4.57 Å². The average Bonchev–Trinajstić information content (AvgIpc) is 3.32. The number of carboxylic acid groups (broad SMARTS) is 1. The monoisotopic (exact) mass is 576 g/mol. The Bertz CT molecular complexity index is 1510. The Labute approximate surface area is 243 Å². The van der Waals surface area contributed by atoms with E-state index in [0.29, 0.717) is 33.8 Å². The van der Waals surface area contributed by atoms with Crippen LogP contribution in [-0.2, 0) is 11.3 Å². The molecule has 0 aliphatic carbocycles. The van der Waals surface area contributed by atoms with Crippen molar-refractivity contribution in [2.45, 2.75) is 57.5 Å². The molecule has 42 heavy (non-hydrogen) atoms. The number of para-hydroxylation sites is 1. The van der Waals surface area contributed by atoms with E-state index in [0.717, 1.165) is 5.56 Å². The number of carbonyl (C=O) groups is 2. The fraction of sp³-hybridized carbons (Fsp3) is 0.273. The van der Waals surface area contributed by atoms with Crippen molar-refractivity contribution in [3.05, 3.63) is 102 Å². The van der Waals surface area contributed by atoms with Gasteiger partial charge in [0.05, 0.1) is 29.9 Å². The third kappa shape index (κ3) is 6.92. The molecule has 0 saturated heterocycles. The Balaban J connectivity index is 1.91. The predicted octanol–water partition coefficient (Wildman–Crippen LogP) is 6.26. The molecule has 0 spiro atoms. The summed E-state index contributed by atoms with van der Waals surface area (Å²) in [4.78, 5) is 25.0. The molecule has 7 nitrogen and oxygen atoms in total. The van der Waals surface area contributed by atoms with E-state index in [1.54, 1.807) is 36.4 Å². The number of hydrogen-bond acceptors (Lipinski definition) is 4. The van der Waals surface area contributed by atoms with Crippen LogP contribution in [-0.4, -0.2) is 50.1 Å². The number of carbonyl (C=O) groups excluding carboxylic acids is 1. The van der Waals surface area contributed by atoms with Crippen LogP contribution in [0.3, 0.4) is 0 Å². The SMILES string of the molecule is CC(C)c1c(C(=O)Nc2ccccc2)c(-c2ccccc2)c(-c2ccc(F)cc2)n1CC[C@@H](O)[C@@H](F)[C@H](O)CC(=O)O. The largest absolute Gasteiger partial charge is 0.481 e. The summed E-state index contributed by atoms with van der Waals surface area (Å²) in [6.45, 7) is 3.86. The van der Waals surface area contributed by atoms with E-state index in [1.165, 1.54) is 12.1 Å². The van der Waals surface area contributed by atoms with E-state index in [-0.39, 0.29) is 24.8 Å². The van der Waals surface area contributed by atoms with Crippen LogP contribution >= 0.6 is 0 Å². The topological polar surface area (TPSA) is 112 Å². The Kier molecular flexibility index (Phi) is 9.88. The fourth-order valence-electron chi connectivity index (χ4n) is 5.18. The zero-order valence-corrected chi connectivity index (χ0v) is 23.4. The lowest BCUT2D eigenvalue weighted by molar-refractivity contribution is -0.141. The van der Waals surface area contributed by atoms with Crippen molar-refractivity contribution in [3.63, 3.8) is 0 Å². The van der Waals surface area contributed by atoms with Crippen LogP contribution in [0.5, 0.6) is 0 Å². The van der Waals surface area contributed by atoms with Gasteiger partial charge in [0.25, 0.3) is 5.91 Å². The van der Waals surface area contributed by atoms with Crippen LogP contribution in [0.4, 0.5) is 14.5 Å². The third-order valence-corrected chi connectivity index (χ3v) is 7.06. The Morgan fingerprint density at radius 3 is 2.02 bits per heavy atom. The van der Waals surface area contributed by atoms with Crippen LogP contribution in [0.1, 0.15) is 48.7 Å². The molecular weight excluding hydrogens is 542 g/mol. The number of aromatic nitrogens is 1. The summed E-state index contributed by atoms with van der Waals surface area (Å²) >= 11 is 0. The number of benzene rings is 3. The number of amides is 1. The van der Waals surface area contributed by atoms with Gasteiger partial charge in [-0.15, -0.1) is 0 Å². The van der Waals surface area contributed by atoms with Gasteiger partial charge < -0.3 is 25.2 Å². The number of rotatable bonds is 12. The number of carboxylic acids is 1. The van der Waals surface area contributed by atoms with E-state index < -0.39 is 36.6 Å². The summed E-state index contributed by atoms with van der Waals surface area (Å²) < 4.78 is 30.7.